The first-order chi connectivity index (χ1) is 17.0. The van der Waals surface area contributed by atoms with E-state index < -0.39 is 5.91 Å². The molecular weight excluding hydrogens is 734 g/mol. The number of hydrazone groups is 1. The van der Waals surface area contributed by atoms with Crippen LogP contribution in [0, 0.1) is 7.14 Å². The van der Waals surface area contributed by atoms with Gasteiger partial charge in [-0.25, -0.2) is 5.43 Å². The molecule has 4 aromatic carbocycles. The first kappa shape index (κ1) is 24.3. The van der Waals surface area contributed by atoms with Crippen molar-refractivity contribution in [2.45, 2.75) is 6.61 Å². The normalized spacial score (nSPS) is 11.4. The van der Waals surface area contributed by atoms with E-state index in [0.717, 1.165) is 33.9 Å². The van der Waals surface area contributed by atoms with E-state index in [1.54, 1.807) is 12.3 Å². The van der Waals surface area contributed by atoms with E-state index in [1.165, 1.54) is 10.8 Å². The largest absolute Gasteiger partial charge is 0.488 e. The number of carbonyl (C=O) groups is 1. The van der Waals surface area contributed by atoms with Crippen LogP contribution < -0.4 is 10.2 Å². The number of hydrogen-bond donors (Lipinski definition) is 1. The predicted octanol–water partition coefficient (Wildman–Crippen LogP) is 7.90. The van der Waals surface area contributed by atoms with Crippen LogP contribution in [-0.2, 0) is 6.61 Å². The van der Waals surface area contributed by atoms with Crippen LogP contribution in [-0.4, -0.2) is 12.1 Å². The lowest BCUT2D eigenvalue weighted by Crippen LogP contribution is -2.16. The van der Waals surface area contributed by atoms with Crippen molar-refractivity contribution in [3.05, 3.63) is 107 Å². The van der Waals surface area contributed by atoms with E-state index in [-0.39, 0.29) is 5.76 Å². The number of fused-ring (bicyclic) bond motifs is 2. The maximum absolute atomic E-state index is 12.5. The SMILES string of the molecule is O=C(N/N=C\c1ccc(OCc2cccc3ccccc23)c(I)c1)c1cc2cc(Br)cc(I)c2o1. The molecule has 5 rings (SSSR count). The second-order valence-electron chi connectivity index (χ2n) is 7.73. The van der Waals surface area contributed by atoms with Gasteiger partial charge in [0.05, 0.1) is 13.4 Å². The van der Waals surface area contributed by atoms with Gasteiger partial charge in [-0.05, 0) is 103 Å². The molecule has 1 heterocycles. The molecule has 5 aromatic rings. The summed E-state index contributed by atoms with van der Waals surface area (Å²) in [5.74, 6) is 0.594. The first-order valence-corrected chi connectivity index (χ1v) is 13.5. The molecule has 0 atom stereocenters. The van der Waals surface area contributed by atoms with Gasteiger partial charge in [-0.2, -0.15) is 5.10 Å². The Balaban J connectivity index is 1.23. The lowest BCUT2D eigenvalue weighted by atomic mass is 10.1. The molecule has 1 amide bonds. The van der Waals surface area contributed by atoms with Crippen molar-refractivity contribution in [2.24, 2.45) is 5.10 Å². The Morgan fingerprint density at radius 2 is 1.80 bits per heavy atom. The maximum atomic E-state index is 12.5. The van der Waals surface area contributed by atoms with Crippen LogP contribution in [0.2, 0.25) is 0 Å². The van der Waals surface area contributed by atoms with E-state index in [0.29, 0.717) is 12.2 Å². The summed E-state index contributed by atoms with van der Waals surface area (Å²) < 4.78 is 14.6. The van der Waals surface area contributed by atoms with Gasteiger partial charge in [-0.1, -0.05) is 58.4 Å². The molecule has 0 radical (unpaired) electrons. The van der Waals surface area contributed by atoms with Crippen molar-refractivity contribution in [3.8, 4) is 5.75 Å². The van der Waals surface area contributed by atoms with Crippen molar-refractivity contribution < 1.29 is 13.9 Å². The fourth-order valence-electron chi connectivity index (χ4n) is 3.70. The highest BCUT2D eigenvalue weighted by Crippen LogP contribution is 2.29. The number of benzene rings is 4. The number of hydrogen-bond acceptors (Lipinski definition) is 4. The number of furan rings is 1. The zero-order chi connectivity index (χ0) is 24.4. The summed E-state index contributed by atoms with van der Waals surface area (Å²) >= 11 is 7.88. The zero-order valence-electron chi connectivity index (χ0n) is 18.1. The van der Waals surface area contributed by atoms with Gasteiger partial charge in [0.25, 0.3) is 0 Å². The highest BCUT2D eigenvalue weighted by atomic mass is 127. The van der Waals surface area contributed by atoms with Gasteiger partial charge in [0.1, 0.15) is 17.9 Å². The van der Waals surface area contributed by atoms with Gasteiger partial charge in [-0.3, -0.25) is 4.79 Å². The fraction of sp³-hybridized carbons (Fsp3) is 0.0370. The average molecular weight is 751 g/mol. The summed E-state index contributed by atoms with van der Waals surface area (Å²) in [4.78, 5) is 12.5. The van der Waals surface area contributed by atoms with Crippen LogP contribution >= 0.6 is 61.1 Å². The molecule has 0 saturated carbocycles. The molecule has 1 aromatic heterocycles. The van der Waals surface area contributed by atoms with Crippen LogP contribution in [0.25, 0.3) is 21.7 Å². The number of halogens is 3. The van der Waals surface area contributed by atoms with E-state index in [1.807, 2.05) is 48.5 Å². The highest BCUT2D eigenvalue weighted by molar-refractivity contribution is 14.1. The molecular formula is C27H17BrI2N2O3. The number of nitrogens with one attached hydrogen (secondary N) is 1. The van der Waals surface area contributed by atoms with Crippen LogP contribution in [0.15, 0.2) is 92.9 Å². The summed E-state index contributed by atoms with van der Waals surface area (Å²) in [5.41, 5.74) is 5.19. The number of nitrogens with zero attached hydrogens (tertiary/aromatic N) is 1. The van der Waals surface area contributed by atoms with E-state index in [4.69, 9.17) is 9.15 Å². The summed E-state index contributed by atoms with van der Waals surface area (Å²) in [6, 6.07) is 25.8. The second kappa shape index (κ2) is 10.7. The summed E-state index contributed by atoms with van der Waals surface area (Å²) in [5, 5.41) is 7.33. The molecule has 5 nitrogen and oxygen atoms in total. The van der Waals surface area contributed by atoms with Gasteiger partial charge in [0.15, 0.2) is 5.76 Å². The maximum Gasteiger partial charge on any atom is 0.307 e. The molecule has 8 heteroatoms. The third-order valence-corrected chi connectivity index (χ3v) is 7.46. The van der Waals surface area contributed by atoms with E-state index in [9.17, 15) is 4.79 Å². The number of carbonyl (C=O) groups excluding carboxylic acids is 1. The molecule has 0 unspecified atom stereocenters. The van der Waals surface area contributed by atoms with Crippen molar-refractivity contribution in [2.75, 3.05) is 0 Å². The van der Waals surface area contributed by atoms with Crippen LogP contribution in [0.1, 0.15) is 21.7 Å². The minimum Gasteiger partial charge on any atom is -0.488 e. The second-order valence-corrected chi connectivity index (χ2v) is 11.0. The minimum absolute atomic E-state index is 0.208. The standard InChI is InChI=1S/C27H17BrI2N2O3/c28-20-11-19-12-25(35-26(19)23(30)13-20)27(33)32-31-14-16-8-9-24(22(29)10-16)34-15-18-6-3-5-17-4-1-2-7-21(17)18/h1-14H,15H2,(H,32,33)/b31-14-. The van der Waals surface area contributed by atoms with E-state index in [2.05, 4.69) is 95.9 Å². The quantitative estimate of drug-likeness (QED) is 0.109. The zero-order valence-corrected chi connectivity index (χ0v) is 24.0. The number of amides is 1. The Hall–Kier alpha value is -2.44. The van der Waals surface area contributed by atoms with Gasteiger partial charge < -0.3 is 9.15 Å². The molecule has 0 spiro atoms. The number of ether oxygens (including phenoxy) is 1. The molecule has 0 saturated heterocycles. The molecule has 0 aliphatic rings. The molecule has 0 aliphatic heterocycles. The Kier molecular flexibility index (Phi) is 7.40. The molecule has 35 heavy (non-hydrogen) atoms. The average Bonchev–Trinajstić information content (AvgIpc) is 3.28. The summed E-state index contributed by atoms with van der Waals surface area (Å²) in [7, 11) is 0. The lowest BCUT2D eigenvalue weighted by Gasteiger charge is -2.11. The molecule has 174 valence electrons. The smallest absolute Gasteiger partial charge is 0.307 e. The lowest BCUT2D eigenvalue weighted by molar-refractivity contribution is 0.0929. The van der Waals surface area contributed by atoms with Crippen LogP contribution in [0.5, 0.6) is 5.75 Å². The van der Waals surface area contributed by atoms with Crippen molar-refractivity contribution in [3.63, 3.8) is 0 Å². The predicted molar refractivity (Wildman–Crippen MR) is 159 cm³/mol. The van der Waals surface area contributed by atoms with Crippen LogP contribution in [0.3, 0.4) is 0 Å². The van der Waals surface area contributed by atoms with Crippen molar-refractivity contribution >= 4 is 95.0 Å². The highest BCUT2D eigenvalue weighted by Gasteiger charge is 2.14. The number of rotatable bonds is 6. The third-order valence-electron chi connectivity index (χ3n) is 5.36. The van der Waals surface area contributed by atoms with E-state index >= 15 is 0 Å². The summed E-state index contributed by atoms with van der Waals surface area (Å²) in [6.45, 7) is 0.480. The molecule has 0 bridgehead atoms. The first-order valence-electron chi connectivity index (χ1n) is 10.6. The Morgan fingerprint density at radius 1 is 0.971 bits per heavy atom. The Morgan fingerprint density at radius 3 is 2.66 bits per heavy atom. The Bertz CT molecular complexity index is 1590. The summed E-state index contributed by atoms with van der Waals surface area (Å²) in [6.07, 6.45) is 1.59. The van der Waals surface area contributed by atoms with Gasteiger partial charge >= 0.3 is 5.91 Å². The van der Waals surface area contributed by atoms with Crippen LogP contribution in [0.4, 0.5) is 0 Å². The minimum atomic E-state index is -0.408. The molecule has 0 fully saturated rings. The monoisotopic (exact) mass is 750 g/mol. The van der Waals surface area contributed by atoms with Crippen molar-refractivity contribution in [1.29, 1.82) is 0 Å². The topological polar surface area (TPSA) is 63.8 Å². The third kappa shape index (κ3) is 5.54. The Labute approximate surface area is 237 Å². The molecule has 1 N–H and O–H groups in total. The fourth-order valence-corrected chi connectivity index (χ4v) is 6.05. The van der Waals surface area contributed by atoms with Gasteiger partial charge in [0, 0.05) is 9.86 Å². The molecule has 0 aliphatic carbocycles. The van der Waals surface area contributed by atoms with Gasteiger partial charge in [0.2, 0.25) is 0 Å². The van der Waals surface area contributed by atoms with Gasteiger partial charge in [-0.15, -0.1) is 0 Å². The van der Waals surface area contributed by atoms with Crippen molar-refractivity contribution in [1.82, 2.24) is 5.43 Å².